The second kappa shape index (κ2) is 9.32. The zero-order valence-electron chi connectivity index (χ0n) is 11.3. The van der Waals surface area contributed by atoms with E-state index in [0.717, 1.165) is 22.9 Å². The number of benzene rings is 1. The summed E-state index contributed by atoms with van der Waals surface area (Å²) in [5.74, 6) is 0.359. The van der Waals surface area contributed by atoms with E-state index < -0.39 is 0 Å². The lowest BCUT2D eigenvalue weighted by Crippen LogP contribution is -2.03. The molecule has 0 radical (unpaired) electrons. The number of halogens is 1. The molecule has 0 aliphatic carbocycles. The number of Topliss-reactive ketones (excluding diaryl/α,β-unsaturated/α-hetero) is 1. The molecule has 1 aromatic carbocycles. The Hall–Kier alpha value is -0.630. The van der Waals surface area contributed by atoms with Crippen LogP contribution in [0, 0.1) is 0 Å². The van der Waals surface area contributed by atoms with Crippen LogP contribution in [0.15, 0.2) is 28.7 Å². The van der Waals surface area contributed by atoms with Gasteiger partial charge in [0.25, 0.3) is 0 Å². The van der Waals surface area contributed by atoms with Crippen LogP contribution in [0.25, 0.3) is 0 Å². The monoisotopic (exact) mass is 310 g/mol. The van der Waals surface area contributed by atoms with Gasteiger partial charge >= 0.3 is 0 Å². The van der Waals surface area contributed by atoms with Crippen LogP contribution < -0.4 is 0 Å². The Bertz CT molecular complexity index is 360. The first-order chi connectivity index (χ1) is 8.74. The third kappa shape index (κ3) is 6.34. The third-order valence-electron chi connectivity index (χ3n) is 3.15. The molecule has 0 heterocycles. The highest BCUT2D eigenvalue weighted by molar-refractivity contribution is 9.10. The standard InChI is InChI=1S/C16H23BrO/c1-2-3-4-5-6-7-11-15(18)13-14-10-8-9-12-16(14)17/h8-10,12H,2-7,11,13H2,1H3. The predicted molar refractivity (Wildman–Crippen MR) is 80.8 cm³/mol. The molecule has 0 atom stereocenters. The second-order valence-electron chi connectivity index (χ2n) is 4.82. The zero-order chi connectivity index (χ0) is 13.2. The molecule has 0 bridgehead atoms. The average molecular weight is 311 g/mol. The van der Waals surface area contributed by atoms with Crippen molar-refractivity contribution in [2.75, 3.05) is 0 Å². The number of carbonyl (C=O) groups is 1. The van der Waals surface area contributed by atoms with Crippen molar-refractivity contribution in [2.24, 2.45) is 0 Å². The van der Waals surface area contributed by atoms with Gasteiger partial charge in [0.2, 0.25) is 0 Å². The van der Waals surface area contributed by atoms with Gasteiger partial charge in [0.15, 0.2) is 0 Å². The second-order valence-corrected chi connectivity index (χ2v) is 5.68. The molecular formula is C16H23BrO. The molecule has 0 aliphatic rings. The normalized spacial score (nSPS) is 10.6. The molecule has 18 heavy (non-hydrogen) atoms. The maximum absolute atomic E-state index is 11.8. The Morgan fingerprint density at radius 2 is 1.72 bits per heavy atom. The molecule has 100 valence electrons. The van der Waals surface area contributed by atoms with Crippen LogP contribution in [0.4, 0.5) is 0 Å². The third-order valence-corrected chi connectivity index (χ3v) is 3.93. The molecule has 0 saturated heterocycles. The number of hydrogen-bond donors (Lipinski definition) is 0. The van der Waals surface area contributed by atoms with E-state index in [4.69, 9.17) is 0 Å². The van der Waals surface area contributed by atoms with Gasteiger partial charge in [0.1, 0.15) is 5.78 Å². The van der Waals surface area contributed by atoms with Gasteiger partial charge in [0.05, 0.1) is 0 Å². The Labute approximate surface area is 119 Å². The van der Waals surface area contributed by atoms with Crippen LogP contribution in [0.2, 0.25) is 0 Å². The fourth-order valence-corrected chi connectivity index (χ4v) is 2.47. The summed E-state index contributed by atoms with van der Waals surface area (Å²) in [4.78, 5) is 11.8. The lowest BCUT2D eigenvalue weighted by molar-refractivity contribution is -0.118. The molecular weight excluding hydrogens is 288 g/mol. The van der Waals surface area contributed by atoms with E-state index in [9.17, 15) is 4.79 Å². The Balaban J connectivity index is 2.16. The van der Waals surface area contributed by atoms with E-state index in [-0.39, 0.29) is 0 Å². The van der Waals surface area contributed by atoms with E-state index in [0.29, 0.717) is 12.2 Å². The van der Waals surface area contributed by atoms with E-state index in [1.165, 1.54) is 32.1 Å². The van der Waals surface area contributed by atoms with Gasteiger partial charge in [-0.2, -0.15) is 0 Å². The summed E-state index contributed by atoms with van der Waals surface area (Å²) in [6.07, 6.45) is 8.73. The van der Waals surface area contributed by atoms with Crippen LogP contribution in [-0.4, -0.2) is 5.78 Å². The van der Waals surface area contributed by atoms with Crippen molar-refractivity contribution < 1.29 is 4.79 Å². The molecule has 0 aromatic heterocycles. The molecule has 0 aliphatic heterocycles. The molecule has 0 fully saturated rings. The van der Waals surface area contributed by atoms with Gasteiger partial charge in [-0.15, -0.1) is 0 Å². The van der Waals surface area contributed by atoms with Crippen LogP contribution >= 0.6 is 15.9 Å². The summed E-state index contributed by atoms with van der Waals surface area (Å²) in [7, 11) is 0. The molecule has 0 amide bonds. The minimum Gasteiger partial charge on any atom is -0.299 e. The quantitative estimate of drug-likeness (QED) is 0.565. The van der Waals surface area contributed by atoms with Gasteiger partial charge in [0, 0.05) is 17.3 Å². The molecule has 2 heteroatoms. The first kappa shape index (κ1) is 15.4. The maximum atomic E-state index is 11.8. The molecule has 0 unspecified atom stereocenters. The topological polar surface area (TPSA) is 17.1 Å². The van der Waals surface area contributed by atoms with E-state index >= 15 is 0 Å². The fourth-order valence-electron chi connectivity index (χ4n) is 2.05. The number of carbonyl (C=O) groups excluding carboxylic acids is 1. The smallest absolute Gasteiger partial charge is 0.137 e. The van der Waals surface area contributed by atoms with Crippen molar-refractivity contribution in [3.8, 4) is 0 Å². The lowest BCUT2D eigenvalue weighted by atomic mass is 10.0. The summed E-state index contributed by atoms with van der Waals surface area (Å²) < 4.78 is 1.04. The van der Waals surface area contributed by atoms with Crippen molar-refractivity contribution in [2.45, 2.75) is 58.3 Å². The van der Waals surface area contributed by atoms with Crippen molar-refractivity contribution >= 4 is 21.7 Å². The lowest BCUT2D eigenvalue weighted by Gasteiger charge is -2.04. The minimum absolute atomic E-state index is 0.359. The van der Waals surface area contributed by atoms with E-state index in [1.54, 1.807) is 0 Å². The molecule has 0 spiro atoms. The van der Waals surface area contributed by atoms with E-state index in [2.05, 4.69) is 22.9 Å². The highest BCUT2D eigenvalue weighted by atomic mass is 79.9. The predicted octanol–water partition coefficient (Wildman–Crippen LogP) is 5.31. The van der Waals surface area contributed by atoms with Crippen molar-refractivity contribution in [1.82, 2.24) is 0 Å². The largest absolute Gasteiger partial charge is 0.299 e. The first-order valence-electron chi connectivity index (χ1n) is 6.99. The van der Waals surface area contributed by atoms with Gasteiger partial charge < -0.3 is 0 Å². The summed E-state index contributed by atoms with van der Waals surface area (Å²) in [5.41, 5.74) is 1.11. The fraction of sp³-hybridized carbons (Fsp3) is 0.562. The van der Waals surface area contributed by atoms with Gasteiger partial charge in [-0.05, 0) is 18.1 Å². The number of ketones is 1. The molecule has 1 rings (SSSR count). The first-order valence-corrected chi connectivity index (χ1v) is 7.78. The van der Waals surface area contributed by atoms with Crippen LogP contribution in [0.3, 0.4) is 0 Å². The average Bonchev–Trinajstić information content (AvgIpc) is 2.36. The van der Waals surface area contributed by atoms with Crippen LogP contribution in [-0.2, 0) is 11.2 Å². The Kier molecular flexibility index (Phi) is 7.99. The number of rotatable bonds is 9. The summed E-state index contributed by atoms with van der Waals surface area (Å²) >= 11 is 3.48. The Morgan fingerprint density at radius 3 is 2.44 bits per heavy atom. The van der Waals surface area contributed by atoms with Crippen molar-refractivity contribution in [1.29, 1.82) is 0 Å². The summed E-state index contributed by atoms with van der Waals surface area (Å²) in [5, 5.41) is 0. The van der Waals surface area contributed by atoms with E-state index in [1.807, 2.05) is 24.3 Å². The SMILES string of the molecule is CCCCCCCCC(=O)Cc1ccccc1Br. The summed E-state index contributed by atoms with van der Waals surface area (Å²) in [6, 6.07) is 7.97. The number of unbranched alkanes of at least 4 members (excludes halogenated alkanes) is 5. The van der Waals surface area contributed by atoms with Crippen LogP contribution in [0.5, 0.6) is 0 Å². The van der Waals surface area contributed by atoms with Gasteiger partial charge in [-0.3, -0.25) is 4.79 Å². The van der Waals surface area contributed by atoms with Gasteiger partial charge in [-0.1, -0.05) is 73.2 Å². The summed E-state index contributed by atoms with van der Waals surface area (Å²) in [6.45, 7) is 2.22. The molecule has 0 N–H and O–H groups in total. The number of hydrogen-bond acceptors (Lipinski definition) is 1. The van der Waals surface area contributed by atoms with Gasteiger partial charge in [-0.25, -0.2) is 0 Å². The highest BCUT2D eigenvalue weighted by Crippen LogP contribution is 2.17. The highest BCUT2D eigenvalue weighted by Gasteiger charge is 2.06. The minimum atomic E-state index is 0.359. The maximum Gasteiger partial charge on any atom is 0.137 e. The Morgan fingerprint density at radius 1 is 1.06 bits per heavy atom. The molecule has 1 nitrogen and oxygen atoms in total. The zero-order valence-corrected chi connectivity index (χ0v) is 12.8. The molecule has 1 aromatic rings. The van der Waals surface area contributed by atoms with Crippen LogP contribution in [0.1, 0.15) is 57.4 Å². The molecule has 0 saturated carbocycles. The van der Waals surface area contributed by atoms with Crippen molar-refractivity contribution in [3.63, 3.8) is 0 Å². The van der Waals surface area contributed by atoms with Crippen molar-refractivity contribution in [3.05, 3.63) is 34.3 Å².